The number of aliphatic hydroxyl groups excluding tert-OH is 1. The van der Waals surface area contributed by atoms with Gasteiger partial charge < -0.3 is 5.11 Å². The maximum absolute atomic E-state index is 10.5. The van der Waals surface area contributed by atoms with Crippen LogP contribution in [0.25, 0.3) is 0 Å². The van der Waals surface area contributed by atoms with Gasteiger partial charge in [-0.05, 0) is 50.6 Å². The molecule has 16 heavy (non-hydrogen) atoms. The molecule has 3 aliphatic heterocycles. The monoisotopic (exact) mass is 223 g/mol. The summed E-state index contributed by atoms with van der Waals surface area (Å²) in [4.78, 5) is 2.60. The van der Waals surface area contributed by atoms with Crippen molar-refractivity contribution in [3.05, 3.63) is 0 Å². The van der Waals surface area contributed by atoms with E-state index < -0.39 is 0 Å². The van der Waals surface area contributed by atoms with Gasteiger partial charge >= 0.3 is 0 Å². The number of fused-ring (bicyclic) bond motifs is 3. The highest BCUT2D eigenvalue weighted by molar-refractivity contribution is 4.97. The summed E-state index contributed by atoms with van der Waals surface area (Å²) in [5.74, 6) is 1.42. The highest BCUT2D eigenvalue weighted by Gasteiger charge is 2.44. The Labute approximate surface area is 99.0 Å². The molecule has 3 heterocycles. The van der Waals surface area contributed by atoms with Crippen LogP contribution in [0.1, 0.15) is 51.4 Å². The summed E-state index contributed by atoms with van der Waals surface area (Å²) in [5.41, 5.74) is 0. The minimum atomic E-state index is -0.00870. The number of hydrogen-bond donors (Lipinski definition) is 1. The second-order valence-electron chi connectivity index (χ2n) is 6.11. The van der Waals surface area contributed by atoms with E-state index in [0.29, 0.717) is 12.0 Å². The quantitative estimate of drug-likeness (QED) is 0.690. The lowest BCUT2D eigenvalue weighted by Gasteiger charge is -2.51. The Morgan fingerprint density at radius 1 is 0.750 bits per heavy atom. The summed E-state index contributed by atoms with van der Waals surface area (Å²) in [6, 6.07) is 0.519. The molecule has 3 saturated heterocycles. The Morgan fingerprint density at radius 2 is 1.38 bits per heavy atom. The summed E-state index contributed by atoms with van der Waals surface area (Å²) in [6.07, 6.45) is 10.8. The number of rotatable bonds is 1. The molecular formula is C14H25NO. The van der Waals surface area contributed by atoms with E-state index in [2.05, 4.69) is 4.90 Å². The summed E-state index contributed by atoms with van der Waals surface area (Å²) in [6.45, 7) is 2.51. The van der Waals surface area contributed by atoms with Gasteiger partial charge in [0, 0.05) is 6.04 Å². The van der Waals surface area contributed by atoms with Crippen molar-refractivity contribution in [1.82, 2.24) is 4.90 Å². The Hall–Kier alpha value is -0.0800. The zero-order valence-corrected chi connectivity index (χ0v) is 10.3. The Balaban J connectivity index is 1.72. The average molecular weight is 223 g/mol. The molecule has 2 atom stereocenters. The molecule has 2 bridgehead atoms. The molecule has 0 aromatic carbocycles. The van der Waals surface area contributed by atoms with Gasteiger partial charge in [-0.1, -0.05) is 25.7 Å². The smallest absolute Gasteiger partial charge is 0.0727 e. The van der Waals surface area contributed by atoms with Crippen molar-refractivity contribution in [3.8, 4) is 0 Å². The van der Waals surface area contributed by atoms with Crippen LogP contribution in [0.5, 0.6) is 0 Å². The molecule has 1 saturated carbocycles. The summed E-state index contributed by atoms with van der Waals surface area (Å²) >= 11 is 0. The highest BCUT2D eigenvalue weighted by atomic mass is 16.3. The van der Waals surface area contributed by atoms with Gasteiger partial charge in [-0.15, -0.1) is 0 Å². The molecule has 2 unspecified atom stereocenters. The second kappa shape index (κ2) is 4.66. The maximum Gasteiger partial charge on any atom is 0.0727 e. The first-order valence-electron chi connectivity index (χ1n) is 7.28. The molecule has 92 valence electrons. The number of nitrogens with zero attached hydrogens (tertiary/aromatic N) is 1. The van der Waals surface area contributed by atoms with Gasteiger partial charge in [0.05, 0.1) is 6.10 Å². The first-order valence-corrected chi connectivity index (χ1v) is 7.28. The van der Waals surface area contributed by atoms with Crippen molar-refractivity contribution in [2.75, 3.05) is 13.1 Å². The molecule has 0 radical (unpaired) electrons. The lowest BCUT2D eigenvalue weighted by Crippen LogP contribution is -2.60. The Bertz CT molecular complexity index is 225. The molecule has 0 aromatic rings. The molecule has 0 aromatic heterocycles. The molecule has 4 fully saturated rings. The van der Waals surface area contributed by atoms with E-state index in [0.717, 1.165) is 5.92 Å². The van der Waals surface area contributed by atoms with E-state index in [1.54, 1.807) is 0 Å². The fourth-order valence-electron chi connectivity index (χ4n) is 4.28. The topological polar surface area (TPSA) is 23.5 Å². The third kappa shape index (κ3) is 1.91. The zero-order valence-electron chi connectivity index (χ0n) is 10.3. The molecule has 2 nitrogen and oxygen atoms in total. The largest absolute Gasteiger partial charge is 0.391 e. The number of hydrogen-bond acceptors (Lipinski definition) is 2. The molecule has 0 spiro atoms. The van der Waals surface area contributed by atoms with Crippen LogP contribution in [0.2, 0.25) is 0 Å². The van der Waals surface area contributed by atoms with Gasteiger partial charge in [0.1, 0.15) is 0 Å². The summed E-state index contributed by atoms with van der Waals surface area (Å²) in [5, 5.41) is 10.5. The molecule has 1 N–H and O–H groups in total. The maximum atomic E-state index is 10.5. The molecule has 0 amide bonds. The van der Waals surface area contributed by atoms with Crippen molar-refractivity contribution < 1.29 is 5.11 Å². The van der Waals surface area contributed by atoms with E-state index in [9.17, 15) is 5.11 Å². The third-order valence-corrected chi connectivity index (χ3v) is 5.21. The van der Waals surface area contributed by atoms with Gasteiger partial charge in [0.15, 0.2) is 0 Å². The fraction of sp³-hybridized carbons (Fsp3) is 1.00. The summed E-state index contributed by atoms with van der Waals surface area (Å²) in [7, 11) is 0. The normalized spacial score (nSPS) is 45.6. The van der Waals surface area contributed by atoms with Crippen molar-refractivity contribution in [2.24, 2.45) is 11.8 Å². The van der Waals surface area contributed by atoms with Crippen LogP contribution in [0, 0.1) is 11.8 Å². The second-order valence-corrected chi connectivity index (χ2v) is 6.11. The standard InChI is InChI=1S/C14H25NO/c16-14-12-7-9-15(10-8-12)13(14)11-5-3-1-2-4-6-11/h11-14,16H,1-10H2. The SMILES string of the molecule is OC1C2CCN(CC2)C1C1CCCCCC1. The highest BCUT2D eigenvalue weighted by Crippen LogP contribution is 2.39. The lowest BCUT2D eigenvalue weighted by atomic mass is 9.74. The first-order chi connectivity index (χ1) is 7.86. The van der Waals surface area contributed by atoms with Gasteiger partial charge in [-0.3, -0.25) is 4.90 Å². The van der Waals surface area contributed by atoms with Crippen molar-refractivity contribution in [2.45, 2.75) is 63.5 Å². The van der Waals surface area contributed by atoms with Crippen molar-refractivity contribution in [1.29, 1.82) is 0 Å². The van der Waals surface area contributed by atoms with Gasteiger partial charge in [0.25, 0.3) is 0 Å². The van der Waals surface area contributed by atoms with Gasteiger partial charge in [-0.2, -0.15) is 0 Å². The van der Waals surface area contributed by atoms with Crippen LogP contribution in [-0.4, -0.2) is 35.2 Å². The van der Waals surface area contributed by atoms with Crippen LogP contribution in [-0.2, 0) is 0 Å². The van der Waals surface area contributed by atoms with Crippen LogP contribution in [0.3, 0.4) is 0 Å². The molecule has 2 heteroatoms. The molecular weight excluding hydrogens is 198 g/mol. The Kier molecular flexibility index (Phi) is 3.21. The summed E-state index contributed by atoms with van der Waals surface area (Å²) < 4.78 is 0. The fourth-order valence-corrected chi connectivity index (χ4v) is 4.28. The zero-order chi connectivity index (χ0) is 11.0. The lowest BCUT2D eigenvalue weighted by molar-refractivity contribution is -0.0952. The van der Waals surface area contributed by atoms with Crippen molar-refractivity contribution in [3.63, 3.8) is 0 Å². The van der Waals surface area contributed by atoms with Crippen LogP contribution in [0.15, 0.2) is 0 Å². The van der Waals surface area contributed by atoms with E-state index in [1.807, 2.05) is 0 Å². The third-order valence-electron chi connectivity index (χ3n) is 5.21. The van der Waals surface area contributed by atoms with Crippen LogP contribution >= 0.6 is 0 Å². The average Bonchev–Trinajstić information content (AvgIpc) is 2.59. The van der Waals surface area contributed by atoms with Gasteiger partial charge in [0.2, 0.25) is 0 Å². The minimum absolute atomic E-state index is 0.00870. The molecule has 1 aliphatic carbocycles. The van der Waals surface area contributed by atoms with Crippen LogP contribution in [0.4, 0.5) is 0 Å². The minimum Gasteiger partial charge on any atom is -0.391 e. The van der Waals surface area contributed by atoms with Crippen molar-refractivity contribution >= 4 is 0 Å². The predicted molar refractivity (Wildman–Crippen MR) is 65.3 cm³/mol. The van der Waals surface area contributed by atoms with E-state index in [-0.39, 0.29) is 6.10 Å². The molecule has 4 rings (SSSR count). The van der Waals surface area contributed by atoms with E-state index in [1.165, 1.54) is 64.5 Å². The van der Waals surface area contributed by atoms with Crippen LogP contribution < -0.4 is 0 Å². The van der Waals surface area contributed by atoms with Gasteiger partial charge in [-0.25, -0.2) is 0 Å². The van der Waals surface area contributed by atoms with E-state index in [4.69, 9.17) is 0 Å². The van der Waals surface area contributed by atoms with E-state index >= 15 is 0 Å². The predicted octanol–water partition coefficient (Wildman–Crippen LogP) is 2.41. The number of piperidine rings is 3. The first kappa shape index (κ1) is 11.0. The molecule has 4 aliphatic rings. The number of aliphatic hydroxyl groups is 1. The Morgan fingerprint density at radius 3 is 1.94 bits per heavy atom.